The van der Waals surface area contributed by atoms with Gasteiger partial charge in [-0.2, -0.15) is 0 Å². The van der Waals surface area contributed by atoms with Crippen molar-refractivity contribution >= 4 is 10.0 Å². The summed E-state index contributed by atoms with van der Waals surface area (Å²) in [5.41, 5.74) is 2.52. The van der Waals surface area contributed by atoms with Gasteiger partial charge < -0.3 is 9.05 Å². The van der Waals surface area contributed by atoms with Crippen molar-refractivity contribution in [2.24, 2.45) is 0 Å². The standard InChI is InChI=1S/C15H15N3O4S/c1-10-13(18-22-15(10)12-6-4-3-5-7-12)8-16-23(19,20)14-9-21-17-11(14)2/h3-7,9,16H,8H2,1-2H3. The van der Waals surface area contributed by atoms with E-state index in [0.717, 1.165) is 17.4 Å². The van der Waals surface area contributed by atoms with Crippen LogP contribution in [0.3, 0.4) is 0 Å². The second-order valence-electron chi connectivity index (χ2n) is 5.04. The SMILES string of the molecule is Cc1nocc1S(=O)(=O)NCc1noc(-c2ccccc2)c1C. The molecular weight excluding hydrogens is 318 g/mol. The van der Waals surface area contributed by atoms with Gasteiger partial charge in [-0.25, -0.2) is 13.1 Å². The molecule has 1 N–H and O–H groups in total. The van der Waals surface area contributed by atoms with Crippen molar-refractivity contribution in [1.29, 1.82) is 0 Å². The highest BCUT2D eigenvalue weighted by Crippen LogP contribution is 2.25. The molecule has 0 bridgehead atoms. The van der Waals surface area contributed by atoms with Crippen LogP contribution in [0, 0.1) is 13.8 Å². The molecule has 7 nitrogen and oxygen atoms in total. The summed E-state index contributed by atoms with van der Waals surface area (Å²) >= 11 is 0. The zero-order chi connectivity index (χ0) is 16.4. The molecule has 8 heteroatoms. The Kier molecular flexibility index (Phi) is 4.01. The molecule has 23 heavy (non-hydrogen) atoms. The second-order valence-corrected chi connectivity index (χ2v) is 6.77. The first-order valence-electron chi connectivity index (χ1n) is 6.90. The number of rotatable bonds is 5. The number of aromatic nitrogens is 2. The van der Waals surface area contributed by atoms with E-state index in [4.69, 9.17) is 4.52 Å². The molecule has 2 aromatic heterocycles. The molecule has 2 heterocycles. The highest BCUT2D eigenvalue weighted by molar-refractivity contribution is 7.89. The van der Waals surface area contributed by atoms with Crippen LogP contribution in [0.2, 0.25) is 0 Å². The van der Waals surface area contributed by atoms with Gasteiger partial charge in [0, 0.05) is 11.1 Å². The summed E-state index contributed by atoms with van der Waals surface area (Å²) < 4.78 is 36.9. The van der Waals surface area contributed by atoms with Crippen LogP contribution in [0.1, 0.15) is 17.0 Å². The molecule has 0 amide bonds. The minimum absolute atomic E-state index is 0.0157. The molecule has 3 aromatic rings. The van der Waals surface area contributed by atoms with Crippen molar-refractivity contribution < 1.29 is 17.5 Å². The summed E-state index contributed by atoms with van der Waals surface area (Å²) in [6.07, 6.45) is 1.10. The predicted octanol–water partition coefficient (Wildman–Crippen LogP) is 2.42. The van der Waals surface area contributed by atoms with Gasteiger partial charge in [-0.1, -0.05) is 40.6 Å². The fraction of sp³-hybridized carbons (Fsp3) is 0.200. The predicted molar refractivity (Wildman–Crippen MR) is 81.9 cm³/mol. The Morgan fingerprint density at radius 3 is 2.52 bits per heavy atom. The molecule has 120 valence electrons. The Hall–Kier alpha value is -2.45. The summed E-state index contributed by atoms with van der Waals surface area (Å²) in [4.78, 5) is 0.0157. The molecule has 0 spiro atoms. The van der Waals surface area contributed by atoms with E-state index in [-0.39, 0.29) is 11.4 Å². The largest absolute Gasteiger partial charge is 0.363 e. The molecule has 0 aliphatic carbocycles. The number of sulfonamides is 1. The molecule has 0 saturated heterocycles. The van der Waals surface area contributed by atoms with Crippen molar-refractivity contribution in [3.05, 3.63) is 53.5 Å². The van der Waals surface area contributed by atoms with E-state index >= 15 is 0 Å². The third kappa shape index (κ3) is 3.03. The first-order valence-corrected chi connectivity index (χ1v) is 8.38. The van der Waals surface area contributed by atoms with Gasteiger partial charge in [0.2, 0.25) is 10.0 Å². The van der Waals surface area contributed by atoms with Gasteiger partial charge in [-0.3, -0.25) is 0 Å². The quantitative estimate of drug-likeness (QED) is 0.770. The van der Waals surface area contributed by atoms with Gasteiger partial charge in [0.1, 0.15) is 22.5 Å². The normalized spacial score (nSPS) is 11.7. The molecule has 0 saturated carbocycles. The van der Waals surface area contributed by atoms with Gasteiger partial charge in [-0.05, 0) is 13.8 Å². The van der Waals surface area contributed by atoms with E-state index in [0.29, 0.717) is 17.1 Å². The molecule has 0 fully saturated rings. The number of nitrogens with one attached hydrogen (secondary N) is 1. The zero-order valence-corrected chi connectivity index (χ0v) is 13.4. The average molecular weight is 333 g/mol. The van der Waals surface area contributed by atoms with Gasteiger partial charge >= 0.3 is 0 Å². The van der Waals surface area contributed by atoms with E-state index in [9.17, 15) is 8.42 Å². The number of hydrogen-bond acceptors (Lipinski definition) is 6. The molecule has 0 atom stereocenters. The van der Waals surface area contributed by atoms with Crippen molar-refractivity contribution in [1.82, 2.24) is 15.0 Å². The molecule has 0 unspecified atom stereocenters. The van der Waals surface area contributed by atoms with Crippen molar-refractivity contribution in [3.63, 3.8) is 0 Å². The summed E-state index contributed by atoms with van der Waals surface area (Å²) in [7, 11) is -3.71. The topological polar surface area (TPSA) is 98.2 Å². The van der Waals surface area contributed by atoms with Crippen LogP contribution in [0.15, 0.2) is 50.5 Å². The maximum absolute atomic E-state index is 12.2. The fourth-order valence-corrected chi connectivity index (χ4v) is 3.25. The van der Waals surface area contributed by atoms with Crippen LogP contribution in [0.5, 0.6) is 0 Å². The lowest BCUT2D eigenvalue weighted by Gasteiger charge is -2.03. The smallest absolute Gasteiger partial charge is 0.246 e. The van der Waals surface area contributed by atoms with Gasteiger partial charge in [0.15, 0.2) is 5.76 Å². The number of nitrogens with zero attached hydrogens (tertiary/aromatic N) is 2. The summed E-state index contributed by atoms with van der Waals surface area (Å²) in [5, 5.41) is 7.53. The molecule has 1 aromatic carbocycles. The Labute approximate surface area is 133 Å². The van der Waals surface area contributed by atoms with Crippen LogP contribution in [-0.2, 0) is 16.6 Å². The summed E-state index contributed by atoms with van der Waals surface area (Å²) in [6, 6.07) is 9.51. The van der Waals surface area contributed by atoms with E-state index in [1.54, 1.807) is 6.92 Å². The third-order valence-electron chi connectivity index (χ3n) is 3.48. The molecule has 0 aliphatic heterocycles. The van der Waals surface area contributed by atoms with Crippen LogP contribution < -0.4 is 4.72 Å². The third-order valence-corrected chi connectivity index (χ3v) is 4.98. The molecule has 3 rings (SSSR count). The van der Waals surface area contributed by atoms with E-state index in [1.807, 2.05) is 37.3 Å². The Morgan fingerprint density at radius 2 is 1.87 bits per heavy atom. The Morgan fingerprint density at radius 1 is 1.13 bits per heavy atom. The Balaban J connectivity index is 1.80. The van der Waals surface area contributed by atoms with Crippen LogP contribution in [0.4, 0.5) is 0 Å². The monoisotopic (exact) mass is 333 g/mol. The van der Waals surface area contributed by atoms with E-state index in [2.05, 4.69) is 19.6 Å². The fourth-order valence-electron chi connectivity index (χ4n) is 2.17. The molecular formula is C15H15N3O4S. The number of benzene rings is 1. The maximum Gasteiger partial charge on any atom is 0.246 e. The number of hydrogen-bond donors (Lipinski definition) is 1. The van der Waals surface area contributed by atoms with Crippen molar-refractivity contribution in [2.75, 3.05) is 0 Å². The van der Waals surface area contributed by atoms with E-state index in [1.165, 1.54) is 0 Å². The summed E-state index contributed by atoms with van der Waals surface area (Å²) in [6.45, 7) is 3.43. The molecule has 0 radical (unpaired) electrons. The van der Waals surface area contributed by atoms with Gasteiger partial charge in [-0.15, -0.1) is 0 Å². The lowest BCUT2D eigenvalue weighted by atomic mass is 10.1. The maximum atomic E-state index is 12.2. The van der Waals surface area contributed by atoms with Crippen molar-refractivity contribution in [2.45, 2.75) is 25.3 Å². The lowest BCUT2D eigenvalue weighted by Crippen LogP contribution is -2.24. The second kappa shape index (κ2) is 5.98. The highest BCUT2D eigenvalue weighted by Gasteiger charge is 2.21. The van der Waals surface area contributed by atoms with E-state index < -0.39 is 10.0 Å². The molecule has 0 aliphatic rings. The first-order chi connectivity index (χ1) is 11.0. The van der Waals surface area contributed by atoms with Crippen LogP contribution in [-0.4, -0.2) is 18.7 Å². The number of aryl methyl sites for hydroxylation is 1. The van der Waals surface area contributed by atoms with Crippen molar-refractivity contribution in [3.8, 4) is 11.3 Å². The highest BCUT2D eigenvalue weighted by atomic mass is 32.2. The Bertz CT molecular complexity index is 913. The zero-order valence-electron chi connectivity index (χ0n) is 12.6. The van der Waals surface area contributed by atoms with Gasteiger partial charge in [0.05, 0.1) is 6.54 Å². The van der Waals surface area contributed by atoms with Crippen LogP contribution in [0.25, 0.3) is 11.3 Å². The first kappa shape index (κ1) is 15.4. The van der Waals surface area contributed by atoms with Crippen LogP contribution >= 0.6 is 0 Å². The summed E-state index contributed by atoms with van der Waals surface area (Å²) in [5.74, 6) is 0.626. The minimum Gasteiger partial charge on any atom is -0.363 e. The lowest BCUT2D eigenvalue weighted by molar-refractivity contribution is 0.413. The van der Waals surface area contributed by atoms with Gasteiger partial charge in [0.25, 0.3) is 0 Å². The minimum atomic E-state index is -3.71. The average Bonchev–Trinajstić information content (AvgIpc) is 3.13.